The maximum Gasteiger partial charge on any atom is 0.0849 e. The van der Waals surface area contributed by atoms with Crippen molar-refractivity contribution in [1.29, 1.82) is 0 Å². The minimum Gasteiger partial charge on any atom is -0.390 e. The van der Waals surface area contributed by atoms with Gasteiger partial charge in [0.25, 0.3) is 0 Å². The van der Waals surface area contributed by atoms with Gasteiger partial charge in [-0.15, -0.1) is 0 Å². The summed E-state index contributed by atoms with van der Waals surface area (Å²) in [5, 5.41) is 9.61. The molecule has 11 heavy (non-hydrogen) atoms. The first kappa shape index (κ1) is 8.97. The molecule has 1 N–H and O–H groups in total. The molecule has 1 saturated heterocycles. The van der Waals surface area contributed by atoms with Gasteiger partial charge in [-0.3, -0.25) is 0 Å². The van der Waals surface area contributed by atoms with Gasteiger partial charge in [0.1, 0.15) is 0 Å². The fourth-order valence-corrected chi connectivity index (χ4v) is 1.34. The quantitative estimate of drug-likeness (QED) is 0.650. The standard InChI is InChI=1S/C8H16O3/c1-6(10-2)8(9)7-3-4-11-5-7/h6-9H,3-5H2,1-2H3. The van der Waals surface area contributed by atoms with Crippen LogP contribution in [0, 0.1) is 5.92 Å². The van der Waals surface area contributed by atoms with Gasteiger partial charge in [0.2, 0.25) is 0 Å². The highest BCUT2D eigenvalue weighted by Crippen LogP contribution is 2.19. The van der Waals surface area contributed by atoms with Gasteiger partial charge < -0.3 is 14.6 Å². The monoisotopic (exact) mass is 160 g/mol. The zero-order valence-corrected chi connectivity index (χ0v) is 7.12. The van der Waals surface area contributed by atoms with Gasteiger partial charge in [0.15, 0.2) is 0 Å². The maximum atomic E-state index is 9.61. The highest BCUT2D eigenvalue weighted by molar-refractivity contribution is 4.76. The molecule has 0 aromatic heterocycles. The highest BCUT2D eigenvalue weighted by Gasteiger charge is 2.27. The molecule has 3 atom stereocenters. The minimum atomic E-state index is -0.373. The summed E-state index contributed by atoms with van der Waals surface area (Å²) in [6.45, 7) is 3.33. The van der Waals surface area contributed by atoms with Gasteiger partial charge in [-0.05, 0) is 13.3 Å². The molecule has 1 aliphatic rings. The van der Waals surface area contributed by atoms with Crippen LogP contribution >= 0.6 is 0 Å². The Morgan fingerprint density at radius 3 is 2.82 bits per heavy atom. The predicted octanol–water partition coefficient (Wildman–Crippen LogP) is 0.419. The van der Waals surface area contributed by atoms with Gasteiger partial charge in [-0.1, -0.05) is 0 Å². The van der Waals surface area contributed by atoms with Crippen LogP contribution in [0.3, 0.4) is 0 Å². The van der Waals surface area contributed by atoms with E-state index >= 15 is 0 Å². The first-order chi connectivity index (χ1) is 5.25. The summed E-state index contributed by atoms with van der Waals surface area (Å²) in [5.74, 6) is 0.268. The third-order valence-electron chi connectivity index (χ3n) is 2.30. The zero-order chi connectivity index (χ0) is 8.27. The molecule has 1 heterocycles. The summed E-state index contributed by atoms with van der Waals surface area (Å²) in [6.07, 6.45) is 0.499. The first-order valence-electron chi connectivity index (χ1n) is 4.04. The molecule has 3 unspecified atom stereocenters. The Balaban J connectivity index is 2.32. The average molecular weight is 160 g/mol. The Morgan fingerprint density at radius 2 is 2.36 bits per heavy atom. The summed E-state index contributed by atoms with van der Waals surface area (Å²) >= 11 is 0. The van der Waals surface area contributed by atoms with E-state index < -0.39 is 0 Å². The topological polar surface area (TPSA) is 38.7 Å². The number of rotatable bonds is 3. The van der Waals surface area contributed by atoms with Crippen LogP contribution in [0.2, 0.25) is 0 Å². The summed E-state index contributed by atoms with van der Waals surface area (Å²) in [7, 11) is 1.61. The second-order valence-corrected chi connectivity index (χ2v) is 3.06. The summed E-state index contributed by atoms with van der Waals surface area (Å²) < 4.78 is 10.2. The van der Waals surface area contributed by atoms with E-state index in [0.29, 0.717) is 6.61 Å². The van der Waals surface area contributed by atoms with Crippen LogP contribution in [0.4, 0.5) is 0 Å². The summed E-state index contributed by atoms with van der Waals surface area (Å²) in [5.41, 5.74) is 0. The maximum absolute atomic E-state index is 9.61. The molecular weight excluding hydrogens is 144 g/mol. The molecule has 1 rings (SSSR count). The third-order valence-corrected chi connectivity index (χ3v) is 2.30. The number of aliphatic hydroxyl groups excluding tert-OH is 1. The molecule has 0 aromatic carbocycles. The van der Waals surface area contributed by atoms with Crippen molar-refractivity contribution in [2.24, 2.45) is 5.92 Å². The highest BCUT2D eigenvalue weighted by atomic mass is 16.5. The Labute approximate surface area is 67.3 Å². The molecule has 1 fully saturated rings. The Morgan fingerprint density at radius 1 is 1.64 bits per heavy atom. The Bertz CT molecular complexity index is 110. The van der Waals surface area contributed by atoms with Crippen molar-refractivity contribution in [2.45, 2.75) is 25.6 Å². The fraction of sp³-hybridized carbons (Fsp3) is 1.00. The van der Waals surface area contributed by atoms with E-state index in [1.165, 1.54) is 0 Å². The van der Waals surface area contributed by atoms with E-state index in [9.17, 15) is 5.11 Å². The molecule has 0 radical (unpaired) electrons. The second kappa shape index (κ2) is 4.04. The molecule has 0 aliphatic carbocycles. The van der Waals surface area contributed by atoms with E-state index in [0.717, 1.165) is 13.0 Å². The average Bonchev–Trinajstić information content (AvgIpc) is 2.53. The van der Waals surface area contributed by atoms with Gasteiger partial charge in [-0.2, -0.15) is 0 Å². The van der Waals surface area contributed by atoms with Crippen molar-refractivity contribution in [3.63, 3.8) is 0 Å². The third kappa shape index (κ3) is 2.15. The Hall–Kier alpha value is -0.120. The molecule has 1 aliphatic heterocycles. The summed E-state index contributed by atoms with van der Waals surface area (Å²) in [6, 6.07) is 0. The van der Waals surface area contributed by atoms with Crippen LogP contribution in [0.1, 0.15) is 13.3 Å². The molecule has 0 spiro atoms. The van der Waals surface area contributed by atoms with Crippen LogP contribution in [0.5, 0.6) is 0 Å². The van der Waals surface area contributed by atoms with E-state index in [2.05, 4.69) is 0 Å². The van der Waals surface area contributed by atoms with E-state index in [4.69, 9.17) is 9.47 Å². The lowest BCUT2D eigenvalue weighted by Crippen LogP contribution is -2.32. The lowest BCUT2D eigenvalue weighted by Gasteiger charge is -2.21. The fourth-order valence-electron chi connectivity index (χ4n) is 1.34. The molecular formula is C8H16O3. The number of hydrogen-bond donors (Lipinski definition) is 1. The van der Waals surface area contributed by atoms with Crippen LogP contribution in [0.25, 0.3) is 0 Å². The SMILES string of the molecule is COC(C)C(O)C1CCOC1. The first-order valence-corrected chi connectivity index (χ1v) is 4.04. The predicted molar refractivity (Wildman–Crippen MR) is 41.4 cm³/mol. The van der Waals surface area contributed by atoms with Gasteiger partial charge in [0, 0.05) is 19.6 Å². The van der Waals surface area contributed by atoms with Crippen LogP contribution in [-0.4, -0.2) is 37.6 Å². The van der Waals surface area contributed by atoms with Crippen molar-refractivity contribution in [2.75, 3.05) is 20.3 Å². The van der Waals surface area contributed by atoms with Crippen molar-refractivity contribution in [1.82, 2.24) is 0 Å². The van der Waals surface area contributed by atoms with Gasteiger partial charge >= 0.3 is 0 Å². The van der Waals surface area contributed by atoms with Crippen LogP contribution in [0.15, 0.2) is 0 Å². The van der Waals surface area contributed by atoms with Gasteiger partial charge in [-0.25, -0.2) is 0 Å². The number of hydrogen-bond acceptors (Lipinski definition) is 3. The van der Waals surface area contributed by atoms with Crippen molar-refractivity contribution in [3.8, 4) is 0 Å². The number of aliphatic hydroxyl groups is 1. The second-order valence-electron chi connectivity index (χ2n) is 3.06. The molecule has 3 heteroatoms. The zero-order valence-electron chi connectivity index (χ0n) is 7.12. The van der Waals surface area contributed by atoms with Gasteiger partial charge in [0.05, 0.1) is 18.8 Å². The minimum absolute atomic E-state index is 0.0818. The molecule has 66 valence electrons. The molecule has 0 saturated carbocycles. The largest absolute Gasteiger partial charge is 0.390 e. The van der Waals surface area contributed by atoms with Crippen molar-refractivity contribution >= 4 is 0 Å². The number of methoxy groups -OCH3 is 1. The molecule has 0 bridgehead atoms. The number of ether oxygens (including phenoxy) is 2. The smallest absolute Gasteiger partial charge is 0.0849 e. The van der Waals surface area contributed by atoms with Crippen molar-refractivity contribution in [3.05, 3.63) is 0 Å². The lowest BCUT2D eigenvalue weighted by molar-refractivity contribution is -0.0328. The Kier molecular flexibility index (Phi) is 3.30. The molecule has 0 aromatic rings. The van der Waals surface area contributed by atoms with E-state index in [-0.39, 0.29) is 18.1 Å². The molecule has 3 nitrogen and oxygen atoms in total. The van der Waals surface area contributed by atoms with Crippen LogP contribution < -0.4 is 0 Å². The van der Waals surface area contributed by atoms with E-state index in [1.54, 1.807) is 7.11 Å². The van der Waals surface area contributed by atoms with E-state index in [1.807, 2.05) is 6.92 Å². The van der Waals surface area contributed by atoms with Crippen LogP contribution in [-0.2, 0) is 9.47 Å². The van der Waals surface area contributed by atoms with Crippen molar-refractivity contribution < 1.29 is 14.6 Å². The molecule has 0 amide bonds. The lowest BCUT2D eigenvalue weighted by atomic mass is 9.98. The summed E-state index contributed by atoms with van der Waals surface area (Å²) in [4.78, 5) is 0. The normalized spacial score (nSPS) is 30.3.